The second kappa shape index (κ2) is 8.37. The molecule has 94 valence electrons. The minimum Gasteiger partial charge on any atom is -0.466 e. The maximum absolute atomic E-state index is 12.9. The summed E-state index contributed by atoms with van der Waals surface area (Å²) in [6.07, 6.45) is -0.651. The molecular weight excluding hydrogens is 271 g/mol. The van der Waals surface area contributed by atoms with Crippen molar-refractivity contribution in [1.82, 2.24) is 0 Å². The molecule has 1 atom stereocenters. The van der Waals surface area contributed by atoms with Gasteiger partial charge in [0.2, 0.25) is 0 Å². The maximum Gasteiger partial charge on any atom is 1.00 e. The van der Waals surface area contributed by atoms with E-state index in [2.05, 4.69) is 4.74 Å². The van der Waals surface area contributed by atoms with E-state index in [0.29, 0.717) is 0 Å². The van der Waals surface area contributed by atoms with E-state index < -0.39 is 25.2 Å². The van der Waals surface area contributed by atoms with E-state index in [0.717, 1.165) is 0 Å². The molecule has 1 aromatic carbocycles. The van der Waals surface area contributed by atoms with Crippen LogP contribution in [0.3, 0.4) is 0 Å². The maximum atomic E-state index is 12.9. The van der Waals surface area contributed by atoms with E-state index in [1.165, 1.54) is 24.3 Å². The number of esters is 1. The summed E-state index contributed by atoms with van der Waals surface area (Å²) in [5, 5.41) is 0. The van der Waals surface area contributed by atoms with Crippen LogP contribution in [0.1, 0.15) is 24.7 Å². The number of ether oxygens (including phenoxy) is 1. The number of halogens is 3. The van der Waals surface area contributed by atoms with Crippen LogP contribution < -0.4 is 51.4 Å². The van der Waals surface area contributed by atoms with Gasteiger partial charge in [-0.05, 0) is 12.7 Å². The third-order valence-electron chi connectivity index (χ3n) is 2.38. The van der Waals surface area contributed by atoms with Gasteiger partial charge in [0.1, 0.15) is 0 Å². The topological polar surface area (TPSA) is 26.3 Å². The molecule has 0 aliphatic rings. The van der Waals surface area contributed by atoms with E-state index in [1.807, 2.05) is 0 Å². The van der Waals surface area contributed by atoms with Gasteiger partial charge in [-0.1, -0.05) is 35.9 Å². The van der Waals surface area contributed by atoms with Gasteiger partial charge in [-0.3, -0.25) is 4.79 Å². The molecule has 0 aromatic heterocycles. The Morgan fingerprint density at radius 2 is 1.83 bits per heavy atom. The Balaban J connectivity index is 0.00000289. The monoisotopic (exact) mass is 284 g/mol. The summed E-state index contributed by atoms with van der Waals surface area (Å²) in [5.41, 5.74) is 0.105. The first-order valence-electron chi connectivity index (χ1n) is 5.35. The quantitative estimate of drug-likeness (QED) is 0.567. The molecule has 0 saturated heterocycles. The standard InChI is InChI=1S/C11H13BF3O2.K/c1-2-17-11(16)8-10(12(13,14)15)9-6-4-3-5-7-9;/h3-7,10H,2,8H2,1H3;/q-1;+1/t10-;/m0./s1. The first-order valence-corrected chi connectivity index (χ1v) is 5.35. The van der Waals surface area contributed by atoms with E-state index >= 15 is 0 Å². The summed E-state index contributed by atoms with van der Waals surface area (Å²) in [6.45, 7) is -3.46. The van der Waals surface area contributed by atoms with Crippen molar-refractivity contribution >= 4 is 12.9 Å². The predicted molar refractivity (Wildman–Crippen MR) is 59.5 cm³/mol. The van der Waals surface area contributed by atoms with Crippen LogP contribution in [0.25, 0.3) is 0 Å². The van der Waals surface area contributed by atoms with Crippen LogP contribution in [-0.2, 0) is 9.53 Å². The van der Waals surface area contributed by atoms with Crippen molar-refractivity contribution < 1.29 is 73.9 Å². The first kappa shape index (κ1) is 18.2. The van der Waals surface area contributed by atoms with Gasteiger partial charge in [0.05, 0.1) is 6.61 Å². The minimum atomic E-state index is -5.11. The van der Waals surface area contributed by atoms with Crippen molar-refractivity contribution in [2.75, 3.05) is 6.61 Å². The number of hydrogen-bond acceptors (Lipinski definition) is 2. The summed E-state index contributed by atoms with van der Waals surface area (Å²) >= 11 is 0. The molecule has 1 aromatic rings. The SMILES string of the molecule is CCOC(=O)C[C@@H](c1ccccc1)[B-](F)(F)F.[K+]. The molecule has 0 aliphatic carbocycles. The van der Waals surface area contributed by atoms with E-state index in [-0.39, 0.29) is 63.6 Å². The van der Waals surface area contributed by atoms with Crippen LogP contribution in [0.4, 0.5) is 12.9 Å². The third kappa shape index (κ3) is 5.88. The Morgan fingerprint density at radius 3 is 2.28 bits per heavy atom. The van der Waals surface area contributed by atoms with Crippen LogP contribution in [0.2, 0.25) is 0 Å². The van der Waals surface area contributed by atoms with Crippen LogP contribution in [0.15, 0.2) is 30.3 Å². The van der Waals surface area contributed by atoms with Crippen molar-refractivity contribution in [2.45, 2.75) is 19.2 Å². The molecule has 1 rings (SSSR count). The predicted octanol–water partition coefficient (Wildman–Crippen LogP) is 0.114. The number of hydrogen-bond donors (Lipinski definition) is 0. The van der Waals surface area contributed by atoms with Gasteiger partial charge < -0.3 is 17.7 Å². The number of carbonyl (C=O) groups is 1. The summed E-state index contributed by atoms with van der Waals surface area (Å²) in [7, 11) is 0. The van der Waals surface area contributed by atoms with Crippen LogP contribution in [0, 0.1) is 0 Å². The summed E-state index contributed by atoms with van der Waals surface area (Å²) in [4.78, 5) is 11.2. The molecule has 0 amide bonds. The molecule has 18 heavy (non-hydrogen) atoms. The molecular formula is C11H13BF3KO2. The molecule has 2 nitrogen and oxygen atoms in total. The number of carbonyl (C=O) groups excluding carboxylic acids is 1. The van der Waals surface area contributed by atoms with Gasteiger partial charge in [0.25, 0.3) is 0 Å². The Bertz CT molecular complexity index is 370. The van der Waals surface area contributed by atoms with Gasteiger partial charge in [0, 0.05) is 6.42 Å². The summed E-state index contributed by atoms with van der Waals surface area (Å²) in [5.74, 6) is -2.56. The molecule has 7 heteroatoms. The van der Waals surface area contributed by atoms with E-state index in [1.54, 1.807) is 13.0 Å². The van der Waals surface area contributed by atoms with Gasteiger partial charge in [-0.25, -0.2) is 0 Å². The first-order chi connectivity index (χ1) is 7.95. The minimum absolute atomic E-state index is 0. The fourth-order valence-corrected chi connectivity index (χ4v) is 1.57. The summed E-state index contributed by atoms with van der Waals surface area (Å²) in [6, 6.07) is 7.43. The zero-order valence-electron chi connectivity index (χ0n) is 10.4. The van der Waals surface area contributed by atoms with Gasteiger partial charge in [-0.2, -0.15) is 0 Å². The largest absolute Gasteiger partial charge is 1.00 e. The van der Waals surface area contributed by atoms with Crippen LogP contribution >= 0.6 is 0 Å². The normalized spacial score (nSPS) is 12.4. The Kier molecular flexibility index (Phi) is 8.46. The second-order valence-electron chi connectivity index (χ2n) is 3.65. The average Bonchev–Trinajstić information content (AvgIpc) is 2.26. The number of benzene rings is 1. The molecule has 0 unspecified atom stereocenters. The van der Waals surface area contributed by atoms with Crippen LogP contribution in [0.5, 0.6) is 0 Å². The van der Waals surface area contributed by atoms with Gasteiger partial charge in [0.15, 0.2) is 0 Å². The summed E-state index contributed by atoms with van der Waals surface area (Å²) < 4.78 is 43.1. The Morgan fingerprint density at radius 1 is 1.28 bits per heavy atom. The molecule has 0 saturated carbocycles. The molecule has 0 fully saturated rings. The van der Waals surface area contributed by atoms with Crippen molar-refractivity contribution in [3.63, 3.8) is 0 Å². The fraction of sp³-hybridized carbons (Fsp3) is 0.364. The Labute approximate surface area is 147 Å². The third-order valence-corrected chi connectivity index (χ3v) is 2.38. The van der Waals surface area contributed by atoms with E-state index in [9.17, 15) is 17.7 Å². The van der Waals surface area contributed by atoms with Crippen molar-refractivity contribution in [3.8, 4) is 0 Å². The van der Waals surface area contributed by atoms with Gasteiger partial charge >= 0.3 is 64.3 Å². The van der Waals surface area contributed by atoms with Crippen LogP contribution in [-0.4, -0.2) is 19.6 Å². The Hall–Kier alpha value is 0.181. The van der Waals surface area contributed by atoms with Crippen molar-refractivity contribution in [2.24, 2.45) is 0 Å². The second-order valence-corrected chi connectivity index (χ2v) is 3.65. The fourth-order valence-electron chi connectivity index (χ4n) is 1.57. The zero-order chi connectivity index (χ0) is 12.9. The van der Waals surface area contributed by atoms with Crippen molar-refractivity contribution in [3.05, 3.63) is 35.9 Å². The molecule has 0 heterocycles. The van der Waals surface area contributed by atoms with E-state index in [4.69, 9.17) is 0 Å². The molecule has 0 N–H and O–H groups in total. The van der Waals surface area contributed by atoms with Crippen molar-refractivity contribution in [1.29, 1.82) is 0 Å². The zero-order valence-corrected chi connectivity index (χ0v) is 13.5. The average molecular weight is 284 g/mol. The number of rotatable bonds is 5. The van der Waals surface area contributed by atoms with Gasteiger partial charge in [-0.15, -0.1) is 0 Å². The smallest absolute Gasteiger partial charge is 0.466 e. The molecule has 0 spiro atoms. The molecule has 0 aliphatic heterocycles. The molecule has 0 bridgehead atoms. The molecule has 0 radical (unpaired) electrons.